The molecule has 0 saturated carbocycles. The minimum absolute atomic E-state index is 0.102. The number of benzene rings is 1. The highest BCUT2D eigenvalue weighted by Crippen LogP contribution is 2.42. The standard InChI is InChI=1S/C25H25ClN4O3S/c1-15-10-16(26)11-20(23(15)33-17-4-3-7-27-13-17)19-5-8-28-21-12-18(34-24(19)21)14-30-22(31)6-9-29(2)25(30)32/h5-6,8-12,17,27H,3-4,7,13-14H2,1-2H3. The van der Waals surface area contributed by atoms with Gasteiger partial charge < -0.3 is 14.6 Å². The lowest BCUT2D eigenvalue weighted by atomic mass is 10.0. The van der Waals surface area contributed by atoms with E-state index in [0.717, 1.165) is 63.5 Å². The Hall–Kier alpha value is -2.94. The molecule has 0 bridgehead atoms. The van der Waals surface area contributed by atoms with Crippen molar-refractivity contribution in [1.29, 1.82) is 0 Å². The fourth-order valence-electron chi connectivity index (χ4n) is 4.37. The smallest absolute Gasteiger partial charge is 0.331 e. The van der Waals surface area contributed by atoms with Crippen molar-refractivity contribution in [3.63, 3.8) is 0 Å². The number of fused-ring (bicyclic) bond motifs is 1. The molecule has 0 radical (unpaired) electrons. The number of aromatic nitrogens is 3. The number of nitrogens with zero attached hydrogens (tertiary/aromatic N) is 3. The van der Waals surface area contributed by atoms with E-state index >= 15 is 0 Å². The van der Waals surface area contributed by atoms with Gasteiger partial charge in [0.05, 0.1) is 16.8 Å². The molecule has 1 N–H and O–H groups in total. The Morgan fingerprint density at radius 1 is 1.24 bits per heavy atom. The van der Waals surface area contributed by atoms with Crippen LogP contribution in [0.2, 0.25) is 5.02 Å². The number of hydrogen-bond donors (Lipinski definition) is 1. The van der Waals surface area contributed by atoms with E-state index in [1.54, 1.807) is 13.2 Å². The molecule has 1 saturated heterocycles. The minimum atomic E-state index is -0.347. The number of hydrogen-bond acceptors (Lipinski definition) is 6. The van der Waals surface area contributed by atoms with Crippen LogP contribution in [-0.4, -0.2) is 33.3 Å². The average Bonchev–Trinajstić information content (AvgIpc) is 3.24. The summed E-state index contributed by atoms with van der Waals surface area (Å²) >= 11 is 7.99. The van der Waals surface area contributed by atoms with Crippen LogP contribution in [0.15, 0.2) is 52.3 Å². The first-order valence-corrected chi connectivity index (χ1v) is 12.4. The maximum Gasteiger partial charge on any atom is 0.331 e. The van der Waals surface area contributed by atoms with Crippen LogP contribution in [0.5, 0.6) is 5.75 Å². The molecular formula is C25H25ClN4O3S. The van der Waals surface area contributed by atoms with Gasteiger partial charge in [0, 0.05) is 53.1 Å². The maximum absolute atomic E-state index is 12.5. The van der Waals surface area contributed by atoms with E-state index < -0.39 is 0 Å². The fraction of sp³-hybridized carbons (Fsp3) is 0.320. The van der Waals surface area contributed by atoms with Crippen molar-refractivity contribution in [2.24, 2.45) is 7.05 Å². The van der Waals surface area contributed by atoms with Gasteiger partial charge in [0.25, 0.3) is 5.56 Å². The van der Waals surface area contributed by atoms with Crippen LogP contribution in [0.4, 0.5) is 0 Å². The molecule has 1 aliphatic rings. The summed E-state index contributed by atoms with van der Waals surface area (Å²) in [6.45, 7) is 4.04. The van der Waals surface area contributed by atoms with Gasteiger partial charge in [-0.05, 0) is 56.1 Å². The molecule has 7 nitrogen and oxygen atoms in total. The van der Waals surface area contributed by atoms with E-state index in [2.05, 4.69) is 10.3 Å². The summed E-state index contributed by atoms with van der Waals surface area (Å²) in [6.07, 6.45) is 5.44. The second-order valence-electron chi connectivity index (χ2n) is 8.60. The van der Waals surface area contributed by atoms with Gasteiger partial charge in [0.2, 0.25) is 0 Å². The number of thiophene rings is 1. The molecule has 0 aliphatic carbocycles. The molecule has 1 unspecified atom stereocenters. The van der Waals surface area contributed by atoms with Gasteiger partial charge in [-0.3, -0.25) is 14.3 Å². The number of ether oxygens (including phenoxy) is 1. The lowest BCUT2D eigenvalue weighted by Crippen LogP contribution is -2.37. The molecule has 0 amide bonds. The van der Waals surface area contributed by atoms with Crippen LogP contribution in [-0.2, 0) is 13.6 Å². The zero-order valence-electron chi connectivity index (χ0n) is 19.0. The summed E-state index contributed by atoms with van der Waals surface area (Å²) < 4.78 is 10.1. The van der Waals surface area contributed by atoms with Gasteiger partial charge in [-0.15, -0.1) is 11.3 Å². The number of pyridine rings is 1. The number of halogens is 1. The Balaban J connectivity index is 1.59. The highest BCUT2D eigenvalue weighted by Gasteiger charge is 2.21. The molecule has 4 heterocycles. The van der Waals surface area contributed by atoms with E-state index in [0.29, 0.717) is 5.02 Å². The van der Waals surface area contributed by atoms with Crippen molar-refractivity contribution in [1.82, 2.24) is 19.4 Å². The molecule has 34 heavy (non-hydrogen) atoms. The van der Waals surface area contributed by atoms with Crippen LogP contribution in [0.25, 0.3) is 21.3 Å². The van der Waals surface area contributed by atoms with Crippen molar-refractivity contribution >= 4 is 33.2 Å². The molecule has 9 heteroatoms. The Morgan fingerprint density at radius 2 is 2.09 bits per heavy atom. The van der Waals surface area contributed by atoms with Crippen LogP contribution < -0.4 is 21.3 Å². The van der Waals surface area contributed by atoms with Gasteiger partial charge in [-0.2, -0.15) is 0 Å². The second kappa shape index (κ2) is 9.37. The Morgan fingerprint density at radius 3 is 2.88 bits per heavy atom. The zero-order chi connectivity index (χ0) is 23.8. The van der Waals surface area contributed by atoms with E-state index in [1.165, 1.54) is 32.7 Å². The number of rotatable bonds is 5. The highest BCUT2D eigenvalue weighted by atomic mass is 35.5. The quantitative estimate of drug-likeness (QED) is 0.452. The van der Waals surface area contributed by atoms with Crippen molar-refractivity contribution in [2.75, 3.05) is 13.1 Å². The monoisotopic (exact) mass is 496 g/mol. The molecule has 176 valence electrons. The Labute approximate surface area is 205 Å². The Kier molecular flexibility index (Phi) is 6.29. The number of piperidine rings is 1. The van der Waals surface area contributed by atoms with Crippen molar-refractivity contribution < 1.29 is 4.74 Å². The third-order valence-corrected chi connectivity index (χ3v) is 7.44. The largest absolute Gasteiger partial charge is 0.488 e. The molecule has 1 aromatic carbocycles. The summed E-state index contributed by atoms with van der Waals surface area (Å²) in [5, 5.41) is 4.04. The van der Waals surface area contributed by atoms with Gasteiger partial charge in [0.1, 0.15) is 11.9 Å². The van der Waals surface area contributed by atoms with Crippen LogP contribution in [0.3, 0.4) is 0 Å². The SMILES string of the molecule is Cc1cc(Cl)cc(-c2ccnc3cc(Cn4c(=O)ccn(C)c4=O)sc23)c1OC1CCCNC1. The molecular weight excluding hydrogens is 472 g/mol. The van der Waals surface area contributed by atoms with E-state index in [-0.39, 0.29) is 23.9 Å². The molecule has 1 atom stereocenters. The third-order valence-electron chi connectivity index (χ3n) is 6.08. The maximum atomic E-state index is 12.5. The van der Waals surface area contributed by atoms with Crippen LogP contribution in [0, 0.1) is 6.92 Å². The molecule has 1 fully saturated rings. The summed E-state index contributed by atoms with van der Waals surface area (Å²) in [4.78, 5) is 30.2. The molecule has 1 aliphatic heterocycles. The summed E-state index contributed by atoms with van der Waals surface area (Å²) in [5.41, 5.74) is 3.01. The van der Waals surface area contributed by atoms with E-state index in [4.69, 9.17) is 16.3 Å². The third kappa shape index (κ3) is 4.41. The van der Waals surface area contributed by atoms with Gasteiger partial charge in [0.15, 0.2) is 0 Å². The minimum Gasteiger partial charge on any atom is -0.488 e. The predicted octanol–water partition coefficient (Wildman–Crippen LogP) is 3.96. The first-order chi connectivity index (χ1) is 16.4. The van der Waals surface area contributed by atoms with Crippen molar-refractivity contribution in [3.8, 4) is 16.9 Å². The summed E-state index contributed by atoms with van der Waals surface area (Å²) in [7, 11) is 1.63. The average molecular weight is 497 g/mol. The number of aryl methyl sites for hydroxylation is 2. The first-order valence-electron chi connectivity index (χ1n) is 11.2. The van der Waals surface area contributed by atoms with E-state index in [1.807, 2.05) is 31.2 Å². The fourth-order valence-corrected chi connectivity index (χ4v) is 5.77. The van der Waals surface area contributed by atoms with Gasteiger partial charge in [-0.1, -0.05) is 11.6 Å². The van der Waals surface area contributed by atoms with Crippen molar-refractivity contribution in [3.05, 3.63) is 79.0 Å². The summed E-state index contributed by atoms with van der Waals surface area (Å²) in [5.74, 6) is 0.827. The highest BCUT2D eigenvalue weighted by molar-refractivity contribution is 7.19. The molecule has 5 rings (SSSR count). The zero-order valence-corrected chi connectivity index (χ0v) is 20.6. The lowest BCUT2D eigenvalue weighted by molar-refractivity contribution is 0.167. The second-order valence-corrected chi connectivity index (χ2v) is 10.2. The molecule has 4 aromatic rings. The summed E-state index contributed by atoms with van der Waals surface area (Å²) in [6, 6.07) is 9.16. The van der Waals surface area contributed by atoms with E-state index in [9.17, 15) is 9.59 Å². The first kappa shape index (κ1) is 22.8. The lowest BCUT2D eigenvalue weighted by Gasteiger charge is -2.26. The van der Waals surface area contributed by atoms with Gasteiger partial charge >= 0.3 is 5.69 Å². The number of nitrogens with one attached hydrogen (secondary N) is 1. The topological polar surface area (TPSA) is 78.2 Å². The molecule has 0 spiro atoms. The molecule has 3 aromatic heterocycles. The van der Waals surface area contributed by atoms with Crippen molar-refractivity contribution in [2.45, 2.75) is 32.4 Å². The van der Waals surface area contributed by atoms with Gasteiger partial charge in [-0.25, -0.2) is 4.79 Å². The Bertz CT molecular complexity index is 1480. The van der Waals surface area contributed by atoms with Crippen LogP contribution in [0.1, 0.15) is 23.3 Å². The van der Waals surface area contributed by atoms with Crippen LogP contribution >= 0.6 is 22.9 Å². The normalized spacial score (nSPS) is 16.1. The predicted molar refractivity (Wildman–Crippen MR) is 136 cm³/mol.